The summed E-state index contributed by atoms with van der Waals surface area (Å²) in [5, 5.41) is 0. The smallest absolute Gasteiger partial charge is 0.510 e. The van der Waals surface area contributed by atoms with Gasteiger partial charge in [0.2, 0.25) is 0 Å². The number of pyridine rings is 1. The number of aryl methyl sites for hydroxylation is 5. The summed E-state index contributed by atoms with van der Waals surface area (Å²) in [6, 6.07) is 24.5. The van der Waals surface area contributed by atoms with Crippen LogP contribution in [0.2, 0.25) is 0 Å². The van der Waals surface area contributed by atoms with Gasteiger partial charge >= 0.3 is 21.1 Å². The topological polar surface area (TPSA) is 47.0 Å². The third-order valence-electron chi connectivity index (χ3n) is 11.7. The van der Waals surface area contributed by atoms with E-state index in [9.17, 15) is 2.74 Å². The minimum Gasteiger partial charge on any atom is -0.510 e. The van der Waals surface area contributed by atoms with Crippen LogP contribution in [0.25, 0.3) is 0 Å². The fourth-order valence-electron chi connectivity index (χ4n) is 8.73. The van der Waals surface area contributed by atoms with Gasteiger partial charge in [-0.2, -0.15) is 17.8 Å². The van der Waals surface area contributed by atoms with Crippen molar-refractivity contribution in [1.82, 2.24) is 4.98 Å². The average molecular weight is 929 g/mol. The molecule has 5 nitrogen and oxygen atoms in total. The van der Waals surface area contributed by atoms with Gasteiger partial charge in [-0.05, 0) is 90.7 Å². The molecule has 0 bridgehead atoms. The number of rotatable bonds is 3. The molecule has 5 aromatic rings. The van der Waals surface area contributed by atoms with Crippen LogP contribution in [-0.2, 0) is 49.5 Å². The molecule has 284 valence electrons. The summed E-state index contributed by atoms with van der Waals surface area (Å²) in [5.74, 6) is 2.43. The van der Waals surface area contributed by atoms with E-state index in [1.165, 1.54) is 27.3 Å². The molecule has 0 N–H and O–H groups in total. The Morgan fingerprint density at radius 3 is 2.29 bits per heavy atom. The summed E-state index contributed by atoms with van der Waals surface area (Å²) in [6.45, 7) is 25.2. The second-order valence-electron chi connectivity index (χ2n) is 18.0. The zero-order valence-electron chi connectivity index (χ0n) is 35.8. The first kappa shape index (κ1) is 35.5. The third-order valence-corrected chi connectivity index (χ3v) is 12.8. The van der Waals surface area contributed by atoms with Crippen LogP contribution in [0.5, 0.6) is 11.5 Å². The maximum Gasteiger partial charge on any atom is 2.00 e. The molecule has 4 heterocycles. The maximum atomic E-state index is 9.76. The Morgan fingerprint density at radius 1 is 0.836 bits per heavy atom. The SMILES string of the molecule is [2H]C1([2H])c2cc(C)c(C)cc2[C@@]2(C)N=C(c3[c-]c(Oc4[c-]c5c(cc4C)Sc4cc(C)cc6c4N5c4ncc(C)cc4C6)cc(C(C)(C)C)c3)O[C@@]12C(C)(C)C.[Pt+2]. The van der Waals surface area contributed by atoms with E-state index >= 15 is 0 Å². The van der Waals surface area contributed by atoms with Crippen LogP contribution in [0.4, 0.5) is 17.2 Å². The number of aromatic nitrogens is 1. The average Bonchev–Trinajstić information content (AvgIpc) is 3.50. The minimum absolute atomic E-state index is 0. The van der Waals surface area contributed by atoms with Crippen LogP contribution in [0.3, 0.4) is 0 Å². The Morgan fingerprint density at radius 2 is 1.56 bits per heavy atom. The van der Waals surface area contributed by atoms with Crippen molar-refractivity contribution in [1.29, 1.82) is 0 Å². The normalized spacial score (nSPS) is 21.8. The number of hydrogen-bond donors (Lipinski definition) is 0. The number of anilines is 3. The van der Waals surface area contributed by atoms with E-state index in [1.54, 1.807) is 11.8 Å². The molecule has 0 fully saturated rings. The summed E-state index contributed by atoms with van der Waals surface area (Å²) in [7, 11) is 0. The maximum absolute atomic E-state index is 9.76. The Hall–Kier alpha value is -3.86. The second-order valence-corrected chi connectivity index (χ2v) is 19.1. The molecule has 0 saturated carbocycles. The third kappa shape index (κ3) is 5.75. The Balaban J connectivity index is 0.00000455. The Kier molecular flexibility index (Phi) is 8.12. The first-order chi connectivity index (χ1) is 26.1. The Labute approximate surface area is 348 Å². The molecule has 1 aromatic heterocycles. The quantitative estimate of drug-likeness (QED) is 0.165. The van der Waals surface area contributed by atoms with E-state index in [2.05, 4.69) is 123 Å². The molecule has 0 saturated heterocycles. The number of nitrogens with zero attached hydrogens (tertiary/aromatic N) is 3. The van der Waals surface area contributed by atoms with Gasteiger partial charge in [0, 0.05) is 49.1 Å². The van der Waals surface area contributed by atoms with Crippen molar-refractivity contribution in [2.24, 2.45) is 10.4 Å². The van der Waals surface area contributed by atoms with Crippen LogP contribution in [0, 0.1) is 52.2 Å². The molecule has 0 amide bonds. The monoisotopic (exact) mass is 928 g/mol. The first-order valence-corrected chi connectivity index (χ1v) is 19.8. The molecule has 1 aliphatic carbocycles. The largest absolute Gasteiger partial charge is 2.00 e. The molecular formula is C48H49N3O2PtS. The molecule has 55 heavy (non-hydrogen) atoms. The summed E-state index contributed by atoms with van der Waals surface area (Å²) >= 11 is 1.77. The summed E-state index contributed by atoms with van der Waals surface area (Å²) in [4.78, 5) is 14.9. The molecule has 0 spiro atoms. The van der Waals surface area contributed by atoms with Crippen molar-refractivity contribution in [2.75, 3.05) is 4.90 Å². The van der Waals surface area contributed by atoms with Gasteiger partial charge in [0.25, 0.3) is 0 Å². The first-order valence-electron chi connectivity index (χ1n) is 19.9. The van der Waals surface area contributed by atoms with Gasteiger partial charge in [-0.15, -0.1) is 23.3 Å². The number of ether oxygens (including phenoxy) is 2. The fraction of sp³-hybridized carbons (Fsp3) is 0.375. The zero-order chi connectivity index (χ0) is 40.1. The van der Waals surface area contributed by atoms with Crippen LogP contribution in [0.15, 0.2) is 69.5 Å². The van der Waals surface area contributed by atoms with Gasteiger partial charge in [0.15, 0.2) is 0 Å². The summed E-state index contributed by atoms with van der Waals surface area (Å²) in [6.07, 6.45) is 0.948. The number of benzene rings is 4. The van der Waals surface area contributed by atoms with E-state index in [0.717, 1.165) is 56.2 Å². The van der Waals surface area contributed by atoms with Crippen molar-refractivity contribution < 1.29 is 33.3 Å². The molecule has 0 radical (unpaired) electrons. The molecule has 4 aromatic carbocycles. The number of fused-ring (bicyclic) bond motifs is 7. The summed E-state index contributed by atoms with van der Waals surface area (Å²) < 4.78 is 33.4. The van der Waals surface area contributed by atoms with Crippen molar-refractivity contribution in [2.45, 2.75) is 122 Å². The van der Waals surface area contributed by atoms with Gasteiger partial charge in [-0.25, -0.2) is 4.98 Å². The minimum atomic E-state index is -1.83. The number of hydrogen-bond acceptors (Lipinski definition) is 6. The second kappa shape index (κ2) is 12.6. The zero-order valence-corrected chi connectivity index (χ0v) is 36.9. The molecule has 7 heteroatoms. The van der Waals surface area contributed by atoms with Gasteiger partial charge in [0.1, 0.15) is 22.9 Å². The van der Waals surface area contributed by atoms with E-state index in [-0.39, 0.29) is 26.5 Å². The van der Waals surface area contributed by atoms with Gasteiger partial charge in [0.05, 0.1) is 5.69 Å². The van der Waals surface area contributed by atoms with Crippen LogP contribution in [0.1, 0.15) is 112 Å². The standard InChI is InChI=1S/C48H49N3O2S.Pt/c1-26-13-31-19-32-14-27(2)25-49-43(32)51-38-23-39(30(5)18-40(38)54-41(15-26)42(31)51)52-36-21-33(20-35(22-36)45(6,7)8)44-50-47(12)37-17-29(4)28(3)16-34(37)24-48(47,53-44)46(9,10)11;/h13-18,20,22,25H,19,24H2,1-12H3;/q-2;+2/t47-,48-;/m1./s1/i24D2;. The predicted molar refractivity (Wildman–Crippen MR) is 220 cm³/mol. The van der Waals surface area contributed by atoms with Crippen molar-refractivity contribution >= 4 is 34.9 Å². The Bertz CT molecular complexity index is 2570. The number of aliphatic imine (C=N–C) groups is 1. The van der Waals surface area contributed by atoms with Gasteiger partial charge in [-0.3, -0.25) is 4.99 Å². The van der Waals surface area contributed by atoms with Gasteiger partial charge in [-0.1, -0.05) is 95.3 Å². The van der Waals surface area contributed by atoms with Crippen LogP contribution >= 0.6 is 11.8 Å². The van der Waals surface area contributed by atoms with Crippen LogP contribution < -0.4 is 9.64 Å². The van der Waals surface area contributed by atoms with Crippen molar-refractivity contribution in [3.05, 3.63) is 128 Å². The van der Waals surface area contributed by atoms with Crippen molar-refractivity contribution in [3.63, 3.8) is 0 Å². The van der Waals surface area contributed by atoms with E-state index < -0.39 is 22.9 Å². The predicted octanol–water partition coefficient (Wildman–Crippen LogP) is 12.2. The molecule has 0 unspecified atom stereocenters. The van der Waals surface area contributed by atoms with Gasteiger partial charge < -0.3 is 14.4 Å². The van der Waals surface area contributed by atoms with E-state index in [1.807, 2.05) is 32.2 Å². The summed E-state index contributed by atoms with van der Waals surface area (Å²) in [5.41, 5.74) is 10.1. The molecular weight excluding hydrogens is 878 g/mol. The van der Waals surface area contributed by atoms with E-state index in [0.29, 0.717) is 28.5 Å². The van der Waals surface area contributed by atoms with Crippen molar-refractivity contribution in [3.8, 4) is 11.5 Å². The fourth-order valence-corrected chi connectivity index (χ4v) is 10.0. The molecule has 4 aliphatic rings. The van der Waals surface area contributed by atoms with E-state index in [4.69, 9.17) is 19.5 Å². The molecule has 2 atom stereocenters. The molecule has 9 rings (SSSR count). The van der Waals surface area contributed by atoms with Crippen LogP contribution in [-0.4, -0.2) is 16.5 Å². The molecule has 3 aliphatic heterocycles.